The van der Waals surface area contributed by atoms with Crippen LogP contribution in [0.1, 0.15) is 31.9 Å². The summed E-state index contributed by atoms with van der Waals surface area (Å²) in [5.74, 6) is 0.943. The molecule has 1 rings (SSSR count). The lowest BCUT2D eigenvalue weighted by molar-refractivity contribution is 0.531. The molecule has 0 aliphatic carbocycles. The molecule has 0 radical (unpaired) electrons. The van der Waals surface area contributed by atoms with Crippen LogP contribution in [0.4, 0.5) is 0 Å². The Hall–Kier alpha value is -0.480. The van der Waals surface area contributed by atoms with Gasteiger partial charge in [0.15, 0.2) is 0 Å². The fourth-order valence-corrected chi connectivity index (χ4v) is 1.35. The summed E-state index contributed by atoms with van der Waals surface area (Å²) in [6.07, 6.45) is 5.13. The minimum atomic E-state index is 0.446. The molecule has 1 heterocycles. The highest BCUT2D eigenvalue weighted by atomic mass is 32.1. The number of hydrogen-bond acceptors (Lipinski definition) is 3. The van der Waals surface area contributed by atoms with Gasteiger partial charge in [-0.3, -0.25) is 4.68 Å². The molecule has 0 unspecified atom stereocenters. The molecule has 1 aromatic rings. The standard InChI is InChI=1S/C10H19N3S/c1-9(2)13-8-10(7-12-13)6-11-4-3-5-14/h7-9,11,14H,3-6H2,1-2H3. The molecule has 0 aliphatic rings. The normalized spacial score (nSPS) is 11.1. The Morgan fingerprint density at radius 2 is 2.36 bits per heavy atom. The van der Waals surface area contributed by atoms with Crippen LogP contribution in [0, 0.1) is 0 Å². The zero-order chi connectivity index (χ0) is 10.4. The Balaban J connectivity index is 2.29. The topological polar surface area (TPSA) is 29.9 Å². The molecule has 14 heavy (non-hydrogen) atoms. The molecule has 1 N–H and O–H groups in total. The summed E-state index contributed by atoms with van der Waals surface area (Å²) in [7, 11) is 0. The first-order chi connectivity index (χ1) is 6.74. The third-order valence-corrected chi connectivity index (χ3v) is 2.34. The fourth-order valence-electron chi connectivity index (χ4n) is 1.19. The predicted octanol–water partition coefficient (Wildman–Crippen LogP) is 1.87. The monoisotopic (exact) mass is 213 g/mol. The van der Waals surface area contributed by atoms with Crippen molar-refractivity contribution in [3.8, 4) is 0 Å². The van der Waals surface area contributed by atoms with Crippen LogP contribution in [0.2, 0.25) is 0 Å². The van der Waals surface area contributed by atoms with E-state index < -0.39 is 0 Å². The van der Waals surface area contributed by atoms with Gasteiger partial charge in [0.1, 0.15) is 0 Å². The van der Waals surface area contributed by atoms with Crippen molar-refractivity contribution in [3.63, 3.8) is 0 Å². The Morgan fingerprint density at radius 1 is 1.57 bits per heavy atom. The maximum absolute atomic E-state index is 4.28. The van der Waals surface area contributed by atoms with Crippen molar-refractivity contribution in [3.05, 3.63) is 18.0 Å². The first-order valence-corrected chi connectivity index (χ1v) is 5.72. The molecule has 0 saturated heterocycles. The van der Waals surface area contributed by atoms with Crippen LogP contribution in [0.5, 0.6) is 0 Å². The van der Waals surface area contributed by atoms with Crippen LogP contribution in [0.3, 0.4) is 0 Å². The molecular weight excluding hydrogens is 194 g/mol. The number of thiol groups is 1. The first-order valence-electron chi connectivity index (χ1n) is 5.08. The molecule has 0 amide bonds. The average molecular weight is 213 g/mol. The van der Waals surface area contributed by atoms with Crippen molar-refractivity contribution >= 4 is 12.6 Å². The van der Waals surface area contributed by atoms with E-state index >= 15 is 0 Å². The molecule has 3 nitrogen and oxygen atoms in total. The lowest BCUT2D eigenvalue weighted by Gasteiger charge is -2.03. The van der Waals surface area contributed by atoms with Gasteiger partial charge in [-0.1, -0.05) is 0 Å². The number of nitrogens with zero attached hydrogens (tertiary/aromatic N) is 2. The second-order valence-corrected chi connectivity index (χ2v) is 4.12. The number of aromatic nitrogens is 2. The summed E-state index contributed by atoms with van der Waals surface area (Å²) in [4.78, 5) is 0. The van der Waals surface area contributed by atoms with Gasteiger partial charge in [-0.25, -0.2) is 0 Å². The van der Waals surface area contributed by atoms with Crippen molar-refractivity contribution in [1.29, 1.82) is 0 Å². The molecule has 0 spiro atoms. The van der Waals surface area contributed by atoms with Crippen molar-refractivity contribution in [1.82, 2.24) is 15.1 Å². The lowest BCUT2D eigenvalue weighted by Crippen LogP contribution is -2.14. The highest BCUT2D eigenvalue weighted by Crippen LogP contribution is 2.04. The van der Waals surface area contributed by atoms with Crippen molar-refractivity contribution < 1.29 is 0 Å². The zero-order valence-corrected chi connectivity index (χ0v) is 9.80. The number of nitrogens with one attached hydrogen (secondary N) is 1. The van der Waals surface area contributed by atoms with Crippen LogP contribution in [0.25, 0.3) is 0 Å². The number of hydrogen-bond donors (Lipinski definition) is 2. The largest absolute Gasteiger partial charge is 0.313 e. The molecule has 0 aliphatic heterocycles. The molecule has 0 aromatic carbocycles. The molecule has 0 bridgehead atoms. The van der Waals surface area contributed by atoms with E-state index in [1.54, 1.807) is 0 Å². The van der Waals surface area contributed by atoms with Gasteiger partial charge in [0.2, 0.25) is 0 Å². The van der Waals surface area contributed by atoms with Gasteiger partial charge >= 0.3 is 0 Å². The van der Waals surface area contributed by atoms with E-state index in [1.807, 2.05) is 10.9 Å². The van der Waals surface area contributed by atoms with Gasteiger partial charge in [0.25, 0.3) is 0 Å². The number of rotatable bonds is 6. The average Bonchev–Trinajstić information content (AvgIpc) is 2.61. The highest BCUT2D eigenvalue weighted by Gasteiger charge is 2.00. The smallest absolute Gasteiger partial charge is 0.0534 e. The maximum atomic E-state index is 4.28. The van der Waals surface area contributed by atoms with Crippen LogP contribution in [-0.2, 0) is 6.54 Å². The summed E-state index contributed by atoms with van der Waals surface area (Å²) in [5.41, 5.74) is 1.25. The van der Waals surface area contributed by atoms with Crippen molar-refractivity contribution in [2.45, 2.75) is 32.9 Å². The van der Waals surface area contributed by atoms with E-state index in [0.29, 0.717) is 6.04 Å². The van der Waals surface area contributed by atoms with Gasteiger partial charge in [0, 0.05) is 24.3 Å². The second kappa shape index (κ2) is 6.09. The van der Waals surface area contributed by atoms with E-state index in [9.17, 15) is 0 Å². The van der Waals surface area contributed by atoms with E-state index in [1.165, 1.54) is 5.56 Å². The van der Waals surface area contributed by atoms with Crippen molar-refractivity contribution in [2.24, 2.45) is 0 Å². The van der Waals surface area contributed by atoms with E-state index in [4.69, 9.17) is 0 Å². The molecule has 1 aromatic heterocycles. The van der Waals surface area contributed by atoms with E-state index in [0.717, 1.165) is 25.3 Å². The Kier molecular flexibility index (Phi) is 5.04. The maximum Gasteiger partial charge on any atom is 0.0534 e. The van der Waals surface area contributed by atoms with E-state index in [-0.39, 0.29) is 0 Å². The van der Waals surface area contributed by atoms with Gasteiger partial charge in [-0.2, -0.15) is 17.7 Å². The quantitative estimate of drug-likeness (QED) is 0.558. The van der Waals surface area contributed by atoms with Crippen LogP contribution in [-0.4, -0.2) is 22.1 Å². The zero-order valence-electron chi connectivity index (χ0n) is 8.90. The highest BCUT2D eigenvalue weighted by molar-refractivity contribution is 7.80. The van der Waals surface area contributed by atoms with E-state index in [2.05, 4.69) is 43.1 Å². The molecule has 0 saturated carbocycles. The summed E-state index contributed by atoms with van der Waals surface area (Å²) in [5, 5.41) is 7.63. The predicted molar refractivity (Wildman–Crippen MR) is 62.8 cm³/mol. The molecule has 0 fully saturated rings. The van der Waals surface area contributed by atoms with Crippen LogP contribution >= 0.6 is 12.6 Å². The van der Waals surface area contributed by atoms with Crippen LogP contribution < -0.4 is 5.32 Å². The fraction of sp³-hybridized carbons (Fsp3) is 0.700. The molecule has 0 atom stereocenters. The third kappa shape index (κ3) is 3.72. The molecule has 80 valence electrons. The van der Waals surface area contributed by atoms with Crippen LogP contribution in [0.15, 0.2) is 12.4 Å². The minimum absolute atomic E-state index is 0.446. The van der Waals surface area contributed by atoms with Gasteiger partial charge in [-0.05, 0) is 32.6 Å². The van der Waals surface area contributed by atoms with Gasteiger partial charge in [0.05, 0.1) is 6.20 Å². The van der Waals surface area contributed by atoms with Gasteiger partial charge in [-0.15, -0.1) is 0 Å². The molecular formula is C10H19N3S. The summed E-state index contributed by atoms with van der Waals surface area (Å²) >= 11 is 4.16. The summed E-state index contributed by atoms with van der Waals surface area (Å²) < 4.78 is 1.98. The SMILES string of the molecule is CC(C)n1cc(CNCCCS)cn1. The minimum Gasteiger partial charge on any atom is -0.313 e. The summed E-state index contributed by atoms with van der Waals surface area (Å²) in [6.45, 7) is 6.19. The van der Waals surface area contributed by atoms with Crippen molar-refractivity contribution in [2.75, 3.05) is 12.3 Å². The summed E-state index contributed by atoms with van der Waals surface area (Å²) in [6, 6.07) is 0.446. The Morgan fingerprint density at radius 3 is 2.93 bits per heavy atom. The first kappa shape index (κ1) is 11.6. The lowest BCUT2D eigenvalue weighted by atomic mass is 10.3. The molecule has 4 heteroatoms. The van der Waals surface area contributed by atoms with Gasteiger partial charge < -0.3 is 5.32 Å². The Labute approximate surface area is 91.3 Å². The third-order valence-electron chi connectivity index (χ3n) is 2.02. The Bertz CT molecular complexity index is 258. The second-order valence-electron chi connectivity index (χ2n) is 3.68.